The summed E-state index contributed by atoms with van der Waals surface area (Å²) >= 11 is 0. The molecule has 0 saturated carbocycles. The van der Waals surface area contributed by atoms with Crippen molar-refractivity contribution in [2.75, 3.05) is 6.54 Å². The Morgan fingerprint density at radius 3 is 2.65 bits per heavy atom. The fraction of sp³-hybridized carbons (Fsp3) is 0.500. The Hall–Kier alpha value is -1.35. The van der Waals surface area contributed by atoms with Crippen LogP contribution in [0.15, 0.2) is 24.3 Å². The van der Waals surface area contributed by atoms with E-state index in [1.807, 2.05) is 26.0 Å². The molecule has 0 aliphatic carbocycles. The van der Waals surface area contributed by atoms with E-state index in [4.69, 9.17) is 0 Å². The minimum atomic E-state index is 0.0422. The quantitative estimate of drug-likeness (QED) is 0.789. The summed E-state index contributed by atoms with van der Waals surface area (Å²) in [4.78, 5) is 11.5. The van der Waals surface area contributed by atoms with Crippen LogP contribution in [0.3, 0.4) is 0 Å². The van der Waals surface area contributed by atoms with E-state index >= 15 is 0 Å². The molecule has 0 unspecified atom stereocenters. The normalized spacial score (nSPS) is 10.6. The van der Waals surface area contributed by atoms with E-state index in [1.165, 1.54) is 5.56 Å². The van der Waals surface area contributed by atoms with Crippen LogP contribution in [0.4, 0.5) is 0 Å². The second-order valence-corrected chi connectivity index (χ2v) is 4.49. The highest BCUT2D eigenvalue weighted by Gasteiger charge is 2.02. The third-order valence-corrected chi connectivity index (χ3v) is 2.56. The number of hydrogen-bond donors (Lipinski definition) is 2. The number of carbonyl (C=O) groups excluding carboxylic acids is 1. The van der Waals surface area contributed by atoms with Crippen LogP contribution in [0.1, 0.15) is 31.9 Å². The summed E-state index contributed by atoms with van der Waals surface area (Å²) in [7, 11) is 0. The highest BCUT2D eigenvalue weighted by molar-refractivity contribution is 5.77. The van der Waals surface area contributed by atoms with Gasteiger partial charge in [-0.2, -0.15) is 0 Å². The molecular formula is C14H22N2O. The number of benzene rings is 1. The third kappa shape index (κ3) is 5.50. The average Bonchev–Trinajstić information content (AvgIpc) is 2.34. The summed E-state index contributed by atoms with van der Waals surface area (Å²) in [6.45, 7) is 7.16. The molecule has 17 heavy (non-hydrogen) atoms. The summed E-state index contributed by atoms with van der Waals surface area (Å²) in [5, 5.41) is 6.00. The van der Waals surface area contributed by atoms with Crippen LogP contribution < -0.4 is 10.6 Å². The first-order valence-electron chi connectivity index (χ1n) is 6.19. The number of amides is 1. The molecule has 0 aliphatic rings. The molecule has 0 radical (unpaired) electrons. The molecule has 1 rings (SSSR count). The number of hydrogen-bond acceptors (Lipinski definition) is 2. The Morgan fingerprint density at radius 2 is 2.00 bits per heavy atom. The van der Waals surface area contributed by atoms with Gasteiger partial charge in [0.15, 0.2) is 0 Å². The lowest BCUT2D eigenvalue weighted by molar-refractivity contribution is -0.120. The smallest absolute Gasteiger partial charge is 0.234 e. The van der Waals surface area contributed by atoms with Gasteiger partial charge in [0.05, 0.1) is 6.54 Å². The van der Waals surface area contributed by atoms with Gasteiger partial charge in [0.25, 0.3) is 0 Å². The third-order valence-electron chi connectivity index (χ3n) is 2.56. The summed E-state index contributed by atoms with van der Waals surface area (Å²) in [5.41, 5.74) is 2.46. The van der Waals surface area contributed by atoms with E-state index in [2.05, 4.69) is 29.7 Å². The van der Waals surface area contributed by atoms with E-state index in [-0.39, 0.29) is 5.91 Å². The van der Waals surface area contributed by atoms with Gasteiger partial charge in [0.2, 0.25) is 5.91 Å². The predicted octanol–water partition coefficient (Wildman–Crippen LogP) is 1.86. The number of carbonyl (C=O) groups is 1. The van der Waals surface area contributed by atoms with Crippen LogP contribution in [0.5, 0.6) is 0 Å². The zero-order chi connectivity index (χ0) is 12.7. The molecule has 0 spiro atoms. The molecule has 0 fully saturated rings. The van der Waals surface area contributed by atoms with Crippen molar-refractivity contribution >= 4 is 5.91 Å². The zero-order valence-corrected chi connectivity index (χ0v) is 10.9. The van der Waals surface area contributed by atoms with Crippen molar-refractivity contribution < 1.29 is 4.79 Å². The van der Waals surface area contributed by atoms with Gasteiger partial charge in [-0.3, -0.25) is 4.79 Å². The van der Waals surface area contributed by atoms with Crippen LogP contribution in [0.25, 0.3) is 0 Å². The van der Waals surface area contributed by atoms with Crippen LogP contribution in [0, 0.1) is 0 Å². The standard InChI is InChI=1S/C14H22N2O/c1-4-12-6-5-7-13(8-12)9-16-14(17)10-15-11(2)3/h5-8,11,15H,4,9-10H2,1-3H3,(H,16,17). The monoisotopic (exact) mass is 234 g/mol. The van der Waals surface area contributed by atoms with Crippen molar-refractivity contribution in [3.8, 4) is 0 Å². The second kappa shape index (κ2) is 7.07. The first kappa shape index (κ1) is 13.7. The number of nitrogens with one attached hydrogen (secondary N) is 2. The van der Waals surface area contributed by atoms with Gasteiger partial charge in [-0.1, -0.05) is 45.0 Å². The van der Waals surface area contributed by atoms with Gasteiger partial charge in [0, 0.05) is 12.6 Å². The van der Waals surface area contributed by atoms with Crippen molar-refractivity contribution in [1.82, 2.24) is 10.6 Å². The minimum absolute atomic E-state index is 0.0422. The molecular weight excluding hydrogens is 212 g/mol. The maximum absolute atomic E-state index is 11.5. The Morgan fingerprint density at radius 1 is 1.29 bits per heavy atom. The summed E-state index contributed by atoms with van der Waals surface area (Å²) in [6, 6.07) is 8.65. The minimum Gasteiger partial charge on any atom is -0.351 e. The first-order chi connectivity index (χ1) is 8.11. The molecule has 94 valence electrons. The molecule has 2 N–H and O–H groups in total. The molecule has 0 heterocycles. The highest BCUT2D eigenvalue weighted by atomic mass is 16.1. The summed E-state index contributed by atoms with van der Waals surface area (Å²) < 4.78 is 0. The molecule has 1 amide bonds. The largest absolute Gasteiger partial charge is 0.351 e. The first-order valence-corrected chi connectivity index (χ1v) is 6.19. The fourth-order valence-corrected chi connectivity index (χ4v) is 1.52. The molecule has 0 bridgehead atoms. The van der Waals surface area contributed by atoms with Gasteiger partial charge >= 0.3 is 0 Å². The SMILES string of the molecule is CCc1cccc(CNC(=O)CNC(C)C)c1. The van der Waals surface area contributed by atoms with Crippen LogP contribution >= 0.6 is 0 Å². The maximum Gasteiger partial charge on any atom is 0.234 e. The van der Waals surface area contributed by atoms with Crippen molar-refractivity contribution in [2.45, 2.75) is 39.8 Å². The Kier molecular flexibility index (Phi) is 5.70. The lowest BCUT2D eigenvalue weighted by Gasteiger charge is -2.09. The molecule has 1 aromatic carbocycles. The van der Waals surface area contributed by atoms with Gasteiger partial charge < -0.3 is 10.6 Å². The highest BCUT2D eigenvalue weighted by Crippen LogP contribution is 2.05. The maximum atomic E-state index is 11.5. The summed E-state index contributed by atoms with van der Waals surface area (Å²) in [5.74, 6) is 0.0422. The molecule has 0 aliphatic heterocycles. The Balaban J connectivity index is 2.36. The van der Waals surface area contributed by atoms with E-state index in [0.29, 0.717) is 19.1 Å². The fourth-order valence-electron chi connectivity index (χ4n) is 1.52. The van der Waals surface area contributed by atoms with Crippen molar-refractivity contribution in [3.63, 3.8) is 0 Å². The van der Waals surface area contributed by atoms with Crippen LogP contribution in [-0.4, -0.2) is 18.5 Å². The van der Waals surface area contributed by atoms with E-state index in [9.17, 15) is 4.79 Å². The van der Waals surface area contributed by atoms with Gasteiger partial charge in [-0.05, 0) is 17.5 Å². The molecule has 0 atom stereocenters. The van der Waals surface area contributed by atoms with E-state index in [1.54, 1.807) is 0 Å². The van der Waals surface area contributed by atoms with E-state index in [0.717, 1.165) is 12.0 Å². The van der Waals surface area contributed by atoms with Crippen molar-refractivity contribution in [1.29, 1.82) is 0 Å². The molecule has 3 heteroatoms. The molecule has 0 aromatic heterocycles. The lowest BCUT2D eigenvalue weighted by atomic mass is 10.1. The van der Waals surface area contributed by atoms with Gasteiger partial charge in [-0.25, -0.2) is 0 Å². The predicted molar refractivity (Wildman–Crippen MR) is 70.8 cm³/mol. The van der Waals surface area contributed by atoms with Crippen LogP contribution in [-0.2, 0) is 17.8 Å². The lowest BCUT2D eigenvalue weighted by Crippen LogP contribution is -2.36. The topological polar surface area (TPSA) is 41.1 Å². The molecule has 0 saturated heterocycles. The Bertz CT molecular complexity index is 361. The molecule has 3 nitrogen and oxygen atoms in total. The summed E-state index contributed by atoms with van der Waals surface area (Å²) in [6.07, 6.45) is 1.02. The van der Waals surface area contributed by atoms with E-state index < -0.39 is 0 Å². The van der Waals surface area contributed by atoms with Gasteiger partial charge in [0.1, 0.15) is 0 Å². The van der Waals surface area contributed by atoms with Gasteiger partial charge in [-0.15, -0.1) is 0 Å². The van der Waals surface area contributed by atoms with Crippen LogP contribution in [0.2, 0.25) is 0 Å². The zero-order valence-electron chi connectivity index (χ0n) is 10.9. The second-order valence-electron chi connectivity index (χ2n) is 4.49. The van der Waals surface area contributed by atoms with Crippen molar-refractivity contribution in [2.24, 2.45) is 0 Å². The average molecular weight is 234 g/mol. The number of aryl methyl sites for hydroxylation is 1. The number of rotatable bonds is 6. The molecule has 1 aromatic rings. The van der Waals surface area contributed by atoms with Crippen molar-refractivity contribution in [3.05, 3.63) is 35.4 Å². The Labute approximate surface area is 104 Å².